The molecule has 0 aromatic heterocycles. The Kier molecular flexibility index (Phi) is 2.48. The van der Waals surface area contributed by atoms with Crippen LogP contribution in [0.25, 0.3) is 0 Å². The molecule has 0 saturated carbocycles. The Morgan fingerprint density at radius 1 is 1.55 bits per heavy atom. The molecule has 1 aliphatic rings. The SMILES string of the molecule is C=C(C=C(C)C)C1=CCC=C1. The van der Waals surface area contributed by atoms with Gasteiger partial charge in [-0.25, -0.2) is 0 Å². The molecule has 0 radical (unpaired) electrons. The zero-order valence-corrected chi connectivity index (χ0v) is 7.22. The van der Waals surface area contributed by atoms with Crippen molar-refractivity contribution in [1.29, 1.82) is 0 Å². The Balaban J connectivity index is 2.69. The largest absolute Gasteiger partial charge is 0.0912 e. The minimum absolute atomic E-state index is 1.06. The van der Waals surface area contributed by atoms with E-state index in [1.54, 1.807) is 0 Å². The lowest BCUT2D eigenvalue weighted by atomic mass is 10.1. The van der Waals surface area contributed by atoms with Crippen molar-refractivity contribution in [2.45, 2.75) is 20.3 Å². The average molecular weight is 146 g/mol. The lowest BCUT2D eigenvalue weighted by Gasteiger charge is -1.98. The smallest absolute Gasteiger partial charge is 0.0157 e. The van der Waals surface area contributed by atoms with Crippen LogP contribution in [0.3, 0.4) is 0 Å². The zero-order valence-electron chi connectivity index (χ0n) is 7.22. The molecule has 0 heteroatoms. The van der Waals surface area contributed by atoms with E-state index in [4.69, 9.17) is 0 Å². The van der Waals surface area contributed by atoms with Crippen molar-refractivity contribution in [2.24, 2.45) is 0 Å². The Bertz CT molecular complexity index is 245. The monoisotopic (exact) mass is 146 g/mol. The van der Waals surface area contributed by atoms with Gasteiger partial charge < -0.3 is 0 Å². The molecule has 0 N–H and O–H groups in total. The predicted molar refractivity (Wildman–Crippen MR) is 50.4 cm³/mol. The van der Waals surface area contributed by atoms with Crippen LogP contribution in [0, 0.1) is 0 Å². The highest BCUT2D eigenvalue weighted by Crippen LogP contribution is 2.18. The van der Waals surface area contributed by atoms with Gasteiger partial charge >= 0.3 is 0 Å². The van der Waals surface area contributed by atoms with Gasteiger partial charge in [-0.1, -0.05) is 36.5 Å². The highest BCUT2D eigenvalue weighted by atomic mass is 14.0. The zero-order chi connectivity index (χ0) is 8.27. The Labute approximate surface area is 68.6 Å². The van der Waals surface area contributed by atoms with Gasteiger partial charge in [0.05, 0.1) is 0 Å². The summed E-state index contributed by atoms with van der Waals surface area (Å²) in [7, 11) is 0. The first-order chi connectivity index (χ1) is 5.20. The maximum absolute atomic E-state index is 3.98. The molecular weight excluding hydrogens is 132 g/mol. The van der Waals surface area contributed by atoms with Gasteiger partial charge in [0.2, 0.25) is 0 Å². The second-order valence-corrected chi connectivity index (χ2v) is 3.04. The van der Waals surface area contributed by atoms with E-state index in [2.05, 4.69) is 44.7 Å². The minimum atomic E-state index is 1.06. The molecule has 1 rings (SSSR count). The van der Waals surface area contributed by atoms with E-state index in [9.17, 15) is 0 Å². The second-order valence-electron chi connectivity index (χ2n) is 3.04. The summed E-state index contributed by atoms with van der Waals surface area (Å²) in [6, 6.07) is 0. The Morgan fingerprint density at radius 2 is 2.27 bits per heavy atom. The van der Waals surface area contributed by atoms with Crippen LogP contribution in [0.2, 0.25) is 0 Å². The third-order valence-electron chi connectivity index (χ3n) is 1.60. The van der Waals surface area contributed by atoms with Gasteiger partial charge in [0, 0.05) is 0 Å². The van der Waals surface area contributed by atoms with Crippen molar-refractivity contribution in [3.05, 3.63) is 47.6 Å². The van der Waals surface area contributed by atoms with E-state index in [1.165, 1.54) is 11.1 Å². The summed E-state index contributed by atoms with van der Waals surface area (Å²) in [4.78, 5) is 0. The molecule has 0 fully saturated rings. The number of rotatable bonds is 2. The highest BCUT2D eigenvalue weighted by Gasteiger charge is 1.98. The fraction of sp³-hybridized carbons (Fsp3) is 0.273. The van der Waals surface area contributed by atoms with Crippen LogP contribution in [0.15, 0.2) is 47.6 Å². The molecule has 0 aromatic carbocycles. The maximum atomic E-state index is 3.98. The normalized spacial score (nSPS) is 14.5. The van der Waals surface area contributed by atoms with Crippen molar-refractivity contribution in [1.82, 2.24) is 0 Å². The molecule has 0 bridgehead atoms. The van der Waals surface area contributed by atoms with E-state index in [0.29, 0.717) is 0 Å². The summed E-state index contributed by atoms with van der Waals surface area (Å²) < 4.78 is 0. The molecule has 0 spiro atoms. The van der Waals surface area contributed by atoms with Crippen molar-refractivity contribution < 1.29 is 0 Å². The van der Waals surface area contributed by atoms with E-state index < -0.39 is 0 Å². The summed E-state index contributed by atoms with van der Waals surface area (Å²) in [5.74, 6) is 0. The van der Waals surface area contributed by atoms with Crippen molar-refractivity contribution >= 4 is 0 Å². The molecule has 0 heterocycles. The molecular formula is C11H14. The summed E-state index contributed by atoms with van der Waals surface area (Å²) >= 11 is 0. The maximum Gasteiger partial charge on any atom is -0.0157 e. The van der Waals surface area contributed by atoms with E-state index >= 15 is 0 Å². The fourth-order valence-corrected chi connectivity index (χ4v) is 1.13. The topological polar surface area (TPSA) is 0 Å². The lowest BCUT2D eigenvalue weighted by Crippen LogP contribution is -1.78. The summed E-state index contributed by atoms with van der Waals surface area (Å²) in [5.41, 5.74) is 3.70. The molecule has 58 valence electrons. The van der Waals surface area contributed by atoms with Gasteiger partial charge in [-0.05, 0) is 31.4 Å². The molecule has 0 unspecified atom stereocenters. The molecule has 0 aliphatic heterocycles. The van der Waals surface area contributed by atoms with E-state index in [-0.39, 0.29) is 0 Å². The van der Waals surface area contributed by atoms with Crippen molar-refractivity contribution in [3.8, 4) is 0 Å². The van der Waals surface area contributed by atoms with Crippen molar-refractivity contribution in [3.63, 3.8) is 0 Å². The molecule has 0 nitrogen and oxygen atoms in total. The van der Waals surface area contributed by atoms with Gasteiger partial charge in [-0.15, -0.1) is 0 Å². The van der Waals surface area contributed by atoms with Gasteiger partial charge in [0.1, 0.15) is 0 Å². The summed E-state index contributed by atoms with van der Waals surface area (Å²) in [6.07, 6.45) is 9.65. The van der Waals surface area contributed by atoms with Gasteiger partial charge in [0.15, 0.2) is 0 Å². The minimum Gasteiger partial charge on any atom is -0.0912 e. The third-order valence-corrected chi connectivity index (χ3v) is 1.60. The third kappa shape index (κ3) is 2.23. The first-order valence-corrected chi connectivity index (χ1v) is 3.91. The first-order valence-electron chi connectivity index (χ1n) is 3.91. The number of hydrogen-bond donors (Lipinski definition) is 0. The Hall–Kier alpha value is -1.04. The molecule has 11 heavy (non-hydrogen) atoms. The molecule has 1 aliphatic carbocycles. The van der Waals surface area contributed by atoms with Gasteiger partial charge in [0.25, 0.3) is 0 Å². The van der Waals surface area contributed by atoms with Crippen LogP contribution in [0.4, 0.5) is 0 Å². The average Bonchev–Trinajstić information content (AvgIpc) is 2.35. The standard InChI is InChI=1S/C11H14/c1-9(2)8-10(3)11-6-4-5-7-11/h4,6-8H,3,5H2,1-2H3. The van der Waals surface area contributed by atoms with Gasteiger partial charge in [-0.2, -0.15) is 0 Å². The van der Waals surface area contributed by atoms with Crippen LogP contribution in [-0.2, 0) is 0 Å². The quantitative estimate of drug-likeness (QED) is 0.524. The van der Waals surface area contributed by atoms with Crippen molar-refractivity contribution in [2.75, 3.05) is 0 Å². The number of hydrogen-bond acceptors (Lipinski definition) is 0. The molecule has 0 amide bonds. The summed E-state index contributed by atoms with van der Waals surface area (Å²) in [5, 5.41) is 0. The predicted octanol–water partition coefficient (Wildman–Crippen LogP) is 3.40. The first kappa shape index (κ1) is 8.06. The van der Waals surface area contributed by atoms with E-state index in [0.717, 1.165) is 12.0 Å². The molecule has 0 atom stereocenters. The fourth-order valence-electron chi connectivity index (χ4n) is 1.13. The van der Waals surface area contributed by atoms with E-state index in [1.807, 2.05) is 0 Å². The summed E-state index contributed by atoms with van der Waals surface area (Å²) in [6.45, 7) is 8.16. The van der Waals surface area contributed by atoms with Gasteiger partial charge in [-0.3, -0.25) is 0 Å². The molecule has 0 aromatic rings. The van der Waals surface area contributed by atoms with Crippen LogP contribution < -0.4 is 0 Å². The van der Waals surface area contributed by atoms with Crippen LogP contribution >= 0.6 is 0 Å². The number of allylic oxidation sites excluding steroid dienone is 7. The van der Waals surface area contributed by atoms with Crippen LogP contribution in [0.5, 0.6) is 0 Å². The van der Waals surface area contributed by atoms with Crippen LogP contribution in [0.1, 0.15) is 20.3 Å². The van der Waals surface area contributed by atoms with Crippen LogP contribution in [-0.4, -0.2) is 0 Å². The Morgan fingerprint density at radius 3 is 2.73 bits per heavy atom. The second kappa shape index (κ2) is 3.38. The lowest BCUT2D eigenvalue weighted by molar-refractivity contribution is 1.36. The molecule has 0 saturated heterocycles. The highest BCUT2D eigenvalue weighted by molar-refractivity contribution is 5.48.